The third-order valence-electron chi connectivity index (χ3n) is 3.06. The number of hydrogen-bond acceptors (Lipinski definition) is 6. The highest BCUT2D eigenvalue weighted by Gasteiger charge is 2.13. The largest absolute Gasteiger partial charge is 0.345 e. The smallest absolute Gasteiger partial charge is 0.319 e. The number of aryl methyl sites for hydroxylation is 1. The van der Waals surface area contributed by atoms with Crippen molar-refractivity contribution in [2.45, 2.75) is 5.16 Å². The summed E-state index contributed by atoms with van der Waals surface area (Å²) in [6.45, 7) is 0.439. The standard InChI is InChI=1S/C14H18ClN7O2S/c1-21(2)12(23)10-5-4-9(8-11(10)15)17-13(24)16-6-7-25-14-18-19-20-22(14)3/h4-5,8H,6-7H2,1-3H3,(H2,16,17,24). The number of benzene rings is 1. The van der Waals surface area contributed by atoms with Gasteiger partial charge in [0.1, 0.15) is 0 Å². The molecule has 0 unspecified atom stereocenters. The second kappa shape index (κ2) is 8.67. The van der Waals surface area contributed by atoms with E-state index >= 15 is 0 Å². The topological polar surface area (TPSA) is 105 Å². The third kappa shape index (κ3) is 5.33. The number of urea groups is 1. The van der Waals surface area contributed by atoms with Gasteiger partial charge in [0.2, 0.25) is 5.16 Å². The fourth-order valence-corrected chi connectivity index (χ4v) is 2.80. The summed E-state index contributed by atoms with van der Waals surface area (Å²) in [5.74, 6) is 0.426. The summed E-state index contributed by atoms with van der Waals surface area (Å²) < 4.78 is 1.56. The van der Waals surface area contributed by atoms with E-state index in [1.54, 1.807) is 38.0 Å². The number of nitrogens with one attached hydrogen (secondary N) is 2. The average Bonchev–Trinajstić information content (AvgIpc) is 2.96. The summed E-state index contributed by atoms with van der Waals surface area (Å²) in [5, 5.41) is 17.4. The van der Waals surface area contributed by atoms with Crippen LogP contribution in [-0.2, 0) is 7.05 Å². The van der Waals surface area contributed by atoms with Gasteiger partial charge in [0.05, 0.1) is 10.6 Å². The van der Waals surface area contributed by atoms with Gasteiger partial charge < -0.3 is 15.5 Å². The van der Waals surface area contributed by atoms with Crippen molar-refractivity contribution >= 4 is 41.0 Å². The maximum absolute atomic E-state index is 11.9. The molecular weight excluding hydrogens is 366 g/mol. The number of amides is 3. The Morgan fingerprint density at radius 2 is 2.12 bits per heavy atom. The van der Waals surface area contributed by atoms with Crippen LogP contribution in [0.15, 0.2) is 23.4 Å². The molecule has 25 heavy (non-hydrogen) atoms. The molecular formula is C14H18ClN7O2S. The number of carbonyl (C=O) groups excluding carboxylic acids is 2. The van der Waals surface area contributed by atoms with Crippen molar-refractivity contribution < 1.29 is 9.59 Å². The van der Waals surface area contributed by atoms with Gasteiger partial charge in [-0.05, 0) is 28.6 Å². The van der Waals surface area contributed by atoms with Crippen LogP contribution in [0.1, 0.15) is 10.4 Å². The highest BCUT2D eigenvalue weighted by Crippen LogP contribution is 2.22. The molecule has 0 radical (unpaired) electrons. The van der Waals surface area contributed by atoms with Crippen molar-refractivity contribution in [3.05, 3.63) is 28.8 Å². The summed E-state index contributed by atoms with van der Waals surface area (Å²) >= 11 is 7.54. The zero-order valence-electron chi connectivity index (χ0n) is 14.0. The lowest BCUT2D eigenvalue weighted by molar-refractivity contribution is 0.0828. The van der Waals surface area contributed by atoms with E-state index in [0.29, 0.717) is 28.7 Å². The lowest BCUT2D eigenvalue weighted by Crippen LogP contribution is -2.30. The Kier molecular flexibility index (Phi) is 6.59. The van der Waals surface area contributed by atoms with Crippen LogP contribution in [0.4, 0.5) is 10.5 Å². The molecule has 0 aliphatic heterocycles. The van der Waals surface area contributed by atoms with Gasteiger partial charge in [-0.1, -0.05) is 23.4 Å². The summed E-state index contributed by atoms with van der Waals surface area (Å²) in [5.41, 5.74) is 0.884. The van der Waals surface area contributed by atoms with Crippen LogP contribution >= 0.6 is 23.4 Å². The first kappa shape index (κ1) is 19.0. The molecule has 2 N–H and O–H groups in total. The quantitative estimate of drug-likeness (QED) is 0.578. The maximum Gasteiger partial charge on any atom is 0.319 e. The van der Waals surface area contributed by atoms with Crippen LogP contribution in [-0.4, -0.2) is 63.4 Å². The molecule has 0 saturated carbocycles. The van der Waals surface area contributed by atoms with Crippen LogP contribution < -0.4 is 10.6 Å². The van der Waals surface area contributed by atoms with Gasteiger partial charge in [-0.3, -0.25) is 4.79 Å². The fourth-order valence-electron chi connectivity index (χ4n) is 1.83. The van der Waals surface area contributed by atoms with E-state index in [1.807, 2.05) is 0 Å². The lowest BCUT2D eigenvalue weighted by atomic mass is 10.2. The first-order valence-corrected chi connectivity index (χ1v) is 8.66. The highest BCUT2D eigenvalue weighted by molar-refractivity contribution is 7.99. The molecule has 1 heterocycles. The molecule has 0 fully saturated rings. The molecule has 9 nitrogen and oxygen atoms in total. The number of anilines is 1. The molecule has 2 rings (SSSR count). The number of hydrogen-bond donors (Lipinski definition) is 2. The number of rotatable bonds is 6. The van der Waals surface area contributed by atoms with E-state index in [1.165, 1.54) is 22.7 Å². The second-order valence-corrected chi connectivity index (χ2v) is 6.68. The zero-order valence-corrected chi connectivity index (χ0v) is 15.6. The molecule has 3 amide bonds. The predicted octanol–water partition coefficient (Wildman–Crippen LogP) is 1.48. The minimum Gasteiger partial charge on any atom is -0.345 e. The number of carbonyl (C=O) groups is 2. The van der Waals surface area contributed by atoms with Gasteiger partial charge in [-0.2, -0.15) is 0 Å². The summed E-state index contributed by atoms with van der Waals surface area (Å²) in [6.07, 6.45) is 0. The predicted molar refractivity (Wildman–Crippen MR) is 96.0 cm³/mol. The molecule has 0 aliphatic carbocycles. The zero-order chi connectivity index (χ0) is 18.4. The molecule has 0 bridgehead atoms. The SMILES string of the molecule is CN(C)C(=O)c1ccc(NC(=O)NCCSc2nnnn2C)cc1Cl. The summed E-state index contributed by atoms with van der Waals surface area (Å²) in [7, 11) is 5.04. The van der Waals surface area contributed by atoms with Crippen molar-refractivity contribution in [1.29, 1.82) is 0 Å². The first-order chi connectivity index (χ1) is 11.9. The van der Waals surface area contributed by atoms with Crippen molar-refractivity contribution in [3.8, 4) is 0 Å². The summed E-state index contributed by atoms with van der Waals surface area (Å²) in [4.78, 5) is 25.2. The molecule has 0 atom stereocenters. The van der Waals surface area contributed by atoms with E-state index < -0.39 is 0 Å². The van der Waals surface area contributed by atoms with Gasteiger partial charge in [-0.25, -0.2) is 9.48 Å². The van der Waals surface area contributed by atoms with E-state index in [0.717, 1.165) is 0 Å². The second-order valence-electron chi connectivity index (χ2n) is 5.21. The van der Waals surface area contributed by atoms with Crippen molar-refractivity contribution in [2.24, 2.45) is 7.05 Å². The maximum atomic E-state index is 11.9. The van der Waals surface area contributed by atoms with Gasteiger partial charge >= 0.3 is 6.03 Å². The molecule has 2 aromatic rings. The Morgan fingerprint density at radius 1 is 1.36 bits per heavy atom. The van der Waals surface area contributed by atoms with Crippen LogP contribution in [0.5, 0.6) is 0 Å². The van der Waals surface area contributed by atoms with Crippen molar-refractivity contribution in [1.82, 2.24) is 30.4 Å². The Morgan fingerprint density at radius 3 is 2.72 bits per heavy atom. The van der Waals surface area contributed by atoms with E-state index in [9.17, 15) is 9.59 Å². The minimum absolute atomic E-state index is 0.198. The molecule has 0 aliphatic rings. The van der Waals surface area contributed by atoms with Gasteiger partial charge in [0, 0.05) is 39.1 Å². The van der Waals surface area contributed by atoms with Gasteiger partial charge in [0.15, 0.2) is 0 Å². The monoisotopic (exact) mass is 383 g/mol. The Bertz CT molecular complexity index is 765. The minimum atomic E-state index is -0.362. The Balaban J connectivity index is 1.81. The summed E-state index contributed by atoms with van der Waals surface area (Å²) in [6, 6.07) is 4.39. The average molecular weight is 384 g/mol. The number of nitrogens with zero attached hydrogens (tertiary/aromatic N) is 5. The van der Waals surface area contributed by atoms with Crippen LogP contribution in [0, 0.1) is 0 Å². The van der Waals surface area contributed by atoms with Crippen LogP contribution in [0.3, 0.4) is 0 Å². The van der Waals surface area contributed by atoms with E-state index in [4.69, 9.17) is 11.6 Å². The number of thioether (sulfide) groups is 1. The Labute approximate surface area is 154 Å². The van der Waals surface area contributed by atoms with Crippen LogP contribution in [0.2, 0.25) is 5.02 Å². The normalized spacial score (nSPS) is 10.4. The van der Waals surface area contributed by atoms with Gasteiger partial charge in [0.25, 0.3) is 5.91 Å². The van der Waals surface area contributed by atoms with E-state index in [-0.39, 0.29) is 17.0 Å². The lowest BCUT2D eigenvalue weighted by Gasteiger charge is -2.13. The molecule has 1 aromatic heterocycles. The van der Waals surface area contributed by atoms with E-state index in [2.05, 4.69) is 26.2 Å². The van der Waals surface area contributed by atoms with Gasteiger partial charge in [-0.15, -0.1) is 5.10 Å². The third-order valence-corrected chi connectivity index (χ3v) is 4.39. The molecule has 11 heteroatoms. The number of tetrazole rings is 1. The Hall–Kier alpha value is -2.33. The van der Waals surface area contributed by atoms with Crippen molar-refractivity contribution in [2.75, 3.05) is 31.7 Å². The fraction of sp³-hybridized carbons (Fsp3) is 0.357. The number of halogens is 1. The molecule has 0 saturated heterocycles. The molecule has 134 valence electrons. The number of aromatic nitrogens is 4. The molecule has 1 aromatic carbocycles. The molecule has 0 spiro atoms. The first-order valence-electron chi connectivity index (χ1n) is 7.29. The van der Waals surface area contributed by atoms with Crippen molar-refractivity contribution in [3.63, 3.8) is 0 Å². The van der Waals surface area contributed by atoms with Crippen LogP contribution in [0.25, 0.3) is 0 Å². The highest BCUT2D eigenvalue weighted by atomic mass is 35.5.